The smallest absolute Gasteiger partial charge is 0.431 e. The highest BCUT2D eigenvalue weighted by Gasteiger charge is 2.49. The molecule has 0 aliphatic carbocycles. The van der Waals surface area contributed by atoms with Gasteiger partial charge >= 0.3 is 6.18 Å². The molecule has 3 aromatic rings. The number of benzene rings is 1. The highest BCUT2D eigenvalue weighted by atomic mass is 19.4. The van der Waals surface area contributed by atoms with Gasteiger partial charge in [-0.1, -0.05) is 12.6 Å². The van der Waals surface area contributed by atoms with Gasteiger partial charge in [0.05, 0.1) is 22.8 Å². The summed E-state index contributed by atoms with van der Waals surface area (Å²) in [7, 11) is 0. The molecule has 240 valence electrons. The lowest BCUT2D eigenvalue weighted by Crippen LogP contribution is -2.55. The Labute approximate surface area is 260 Å². The van der Waals surface area contributed by atoms with E-state index in [1.807, 2.05) is 4.90 Å². The number of nitrogens with one attached hydrogen (secondary N) is 1. The van der Waals surface area contributed by atoms with Crippen LogP contribution in [0, 0.1) is 12.7 Å². The van der Waals surface area contributed by atoms with Crippen LogP contribution in [-0.2, 0) is 15.7 Å². The molecule has 1 amide bonds. The number of carbonyl (C=O) groups is 1. The van der Waals surface area contributed by atoms with Crippen molar-refractivity contribution in [2.75, 3.05) is 31.1 Å². The number of aromatic hydroxyl groups is 1. The first-order valence-corrected chi connectivity index (χ1v) is 14.8. The van der Waals surface area contributed by atoms with Crippen LogP contribution in [0.3, 0.4) is 0 Å². The number of aromatic nitrogens is 2. The number of pyridine rings is 2. The summed E-state index contributed by atoms with van der Waals surface area (Å²) < 4.78 is 66.8. The van der Waals surface area contributed by atoms with Gasteiger partial charge in [-0.25, -0.2) is 4.39 Å². The van der Waals surface area contributed by atoms with Crippen molar-refractivity contribution in [3.63, 3.8) is 0 Å². The van der Waals surface area contributed by atoms with Crippen LogP contribution >= 0.6 is 0 Å². The Bertz CT molecular complexity index is 1870. The predicted octanol–water partition coefficient (Wildman–Crippen LogP) is 4.33. The molecule has 1 aromatic carbocycles. The normalized spacial score (nSPS) is 22.1. The average molecular weight is 639 g/mol. The van der Waals surface area contributed by atoms with Gasteiger partial charge in [0.1, 0.15) is 28.9 Å². The van der Waals surface area contributed by atoms with Crippen LogP contribution in [0.1, 0.15) is 42.0 Å². The number of phenols is 1. The first-order chi connectivity index (χ1) is 21.9. The topological polar surface area (TPSA) is 103 Å². The maximum atomic E-state index is 15.3. The first kappa shape index (κ1) is 29.8. The number of hydrogen-bond acceptors (Lipinski definition) is 8. The summed E-state index contributed by atoms with van der Waals surface area (Å²) in [6.07, 6.45) is -3.31. The Morgan fingerprint density at radius 1 is 1.20 bits per heavy atom. The molecule has 3 atom stereocenters. The number of halogens is 4. The number of nitrogens with zero attached hydrogens (tertiary/aromatic N) is 5. The summed E-state index contributed by atoms with van der Waals surface area (Å²) >= 11 is 0. The van der Waals surface area contributed by atoms with Gasteiger partial charge in [-0.2, -0.15) is 13.2 Å². The van der Waals surface area contributed by atoms with E-state index in [2.05, 4.69) is 16.9 Å². The molecule has 46 heavy (non-hydrogen) atoms. The Morgan fingerprint density at radius 3 is 2.70 bits per heavy atom. The maximum Gasteiger partial charge on any atom is 0.431 e. The fourth-order valence-electron chi connectivity index (χ4n) is 7.06. The van der Waals surface area contributed by atoms with Crippen LogP contribution in [0.25, 0.3) is 11.4 Å². The van der Waals surface area contributed by atoms with E-state index in [0.29, 0.717) is 47.8 Å². The van der Waals surface area contributed by atoms with E-state index in [-0.39, 0.29) is 40.9 Å². The molecule has 0 saturated carbocycles. The second-order valence-corrected chi connectivity index (χ2v) is 11.7. The number of phenolic OH excluding ortho intramolecular Hbond substituents is 1. The summed E-state index contributed by atoms with van der Waals surface area (Å²) in [4.78, 5) is 36.8. The third kappa shape index (κ3) is 4.37. The molecule has 1 fully saturated rings. The van der Waals surface area contributed by atoms with Crippen molar-refractivity contribution in [1.82, 2.24) is 24.7 Å². The predicted molar refractivity (Wildman–Crippen MR) is 160 cm³/mol. The quantitative estimate of drug-likeness (QED) is 0.316. The van der Waals surface area contributed by atoms with E-state index in [9.17, 15) is 27.9 Å². The summed E-state index contributed by atoms with van der Waals surface area (Å²) in [6, 6.07) is 5.30. The molecule has 1 saturated heterocycles. The van der Waals surface area contributed by atoms with Gasteiger partial charge in [0.15, 0.2) is 12.0 Å². The number of aryl methyl sites for hydroxylation is 1. The zero-order chi connectivity index (χ0) is 32.7. The van der Waals surface area contributed by atoms with E-state index in [1.54, 1.807) is 31.0 Å². The molecule has 10 nitrogen and oxygen atoms in total. The largest absolute Gasteiger partial charge is 0.506 e. The van der Waals surface area contributed by atoms with Gasteiger partial charge in [-0.15, -0.1) is 0 Å². The summed E-state index contributed by atoms with van der Waals surface area (Å²) in [5.74, 6) is -2.29. The van der Waals surface area contributed by atoms with E-state index in [4.69, 9.17) is 4.74 Å². The van der Waals surface area contributed by atoms with Crippen molar-refractivity contribution >= 4 is 23.0 Å². The van der Waals surface area contributed by atoms with E-state index in [0.717, 1.165) is 24.3 Å². The Hall–Kier alpha value is -4.85. The zero-order valence-electron chi connectivity index (χ0n) is 24.9. The Kier molecular flexibility index (Phi) is 6.88. The molecule has 0 spiro atoms. The number of fused-ring (bicyclic) bond motifs is 9. The van der Waals surface area contributed by atoms with E-state index >= 15 is 4.39 Å². The third-order valence-corrected chi connectivity index (χ3v) is 9.06. The SMILES string of the molecule is C=CC(=O)N1CCN2C3=C(NCCC2C1)C1OC(C)c2nccc(C)c2N1c1c3cc(C(F)(F)F)n(-c2c(O)cccc2F)c1=O. The van der Waals surface area contributed by atoms with Gasteiger partial charge in [0.2, 0.25) is 5.91 Å². The standard InChI is InChI=1S/C32H30F4N6O4/c1-4-23(44)39-12-13-40-18(15-39)9-11-38-25-27(40)19-14-22(32(34,35)36)41(29-20(33)6-5-7-21(29)43)30(45)28(19)42-26-16(2)8-10-37-24(26)17(3)46-31(25)42/h4-8,10,14,17-18,31,38,43H,1,9,11-13,15H2,2-3H3. The van der Waals surface area contributed by atoms with Crippen molar-refractivity contribution in [1.29, 1.82) is 0 Å². The second-order valence-electron chi connectivity index (χ2n) is 11.7. The lowest BCUT2D eigenvalue weighted by atomic mass is 9.94. The monoisotopic (exact) mass is 638 g/mol. The minimum Gasteiger partial charge on any atom is -0.506 e. The molecule has 4 aliphatic rings. The number of alkyl halides is 3. The molecule has 14 heteroatoms. The van der Waals surface area contributed by atoms with Crippen LogP contribution in [-0.4, -0.2) is 68.8 Å². The Balaban J connectivity index is 1.57. The van der Waals surface area contributed by atoms with Crippen LogP contribution in [0.2, 0.25) is 0 Å². The van der Waals surface area contributed by atoms with Gasteiger partial charge in [0, 0.05) is 44.0 Å². The molecular formula is C32H30F4N6O4. The minimum atomic E-state index is -5.13. The van der Waals surface area contributed by atoms with E-state index < -0.39 is 47.0 Å². The first-order valence-electron chi connectivity index (χ1n) is 14.8. The molecule has 4 aliphatic heterocycles. The molecule has 2 aromatic heterocycles. The third-order valence-electron chi connectivity index (χ3n) is 9.06. The van der Waals surface area contributed by atoms with Crippen molar-refractivity contribution in [2.45, 2.75) is 44.8 Å². The lowest BCUT2D eigenvalue weighted by molar-refractivity contribution is -0.143. The van der Waals surface area contributed by atoms with Gasteiger partial charge < -0.3 is 29.9 Å². The number of rotatable bonds is 2. The number of ether oxygens (including phenoxy) is 1. The summed E-state index contributed by atoms with van der Waals surface area (Å²) in [5, 5.41) is 14.0. The molecule has 0 radical (unpaired) electrons. The number of para-hydroxylation sites is 1. The highest BCUT2D eigenvalue weighted by Crippen LogP contribution is 2.51. The summed E-state index contributed by atoms with van der Waals surface area (Å²) in [6.45, 7) is 8.44. The number of amides is 1. The molecule has 0 bridgehead atoms. The molecule has 6 heterocycles. The van der Waals surface area contributed by atoms with Crippen molar-refractivity contribution < 1.29 is 32.2 Å². The van der Waals surface area contributed by atoms with Crippen molar-refractivity contribution in [2.24, 2.45) is 0 Å². The fraction of sp³-hybridized carbons (Fsp3) is 0.344. The summed E-state index contributed by atoms with van der Waals surface area (Å²) in [5.41, 5.74) is -1.32. The van der Waals surface area contributed by atoms with E-state index in [1.165, 1.54) is 11.0 Å². The van der Waals surface area contributed by atoms with Crippen molar-refractivity contribution in [3.05, 3.63) is 93.6 Å². The zero-order valence-corrected chi connectivity index (χ0v) is 24.9. The molecule has 3 unspecified atom stereocenters. The number of anilines is 2. The highest BCUT2D eigenvalue weighted by molar-refractivity contribution is 5.89. The van der Waals surface area contributed by atoms with Gasteiger partial charge in [-0.05, 0) is 56.2 Å². The van der Waals surface area contributed by atoms with Gasteiger partial charge in [-0.3, -0.25) is 19.1 Å². The number of carbonyl (C=O) groups excluding carboxylic acids is 1. The minimum absolute atomic E-state index is 0.0362. The van der Waals surface area contributed by atoms with Crippen LogP contribution in [0.15, 0.2) is 59.7 Å². The molecule has 7 rings (SSSR count). The van der Waals surface area contributed by atoms with Crippen LogP contribution in [0.5, 0.6) is 5.75 Å². The van der Waals surface area contributed by atoms with Crippen LogP contribution in [0.4, 0.5) is 28.9 Å². The average Bonchev–Trinajstić information content (AvgIpc) is 3.20. The molecular weight excluding hydrogens is 608 g/mol. The van der Waals surface area contributed by atoms with Crippen LogP contribution < -0.4 is 15.8 Å². The number of piperazine rings is 1. The lowest BCUT2D eigenvalue weighted by Gasteiger charge is -2.49. The fourth-order valence-corrected chi connectivity index (χ4v) is 7.06. The Morgan fingerprint density at radius 2 is 1.98 bits per heavy atom. The number of hydrogen-bond donors (Lipinski definition) is 2. The molecule has 2 N–H and O–H groups in total. The maximum absolute atomic E-state index is 15.3. The second kappa shape index (κ2) is 10.6. The van der Waals surface area contributed by atoms with Crippen molar-refractivity contribution in [3.8, 4) is 11.4 Å². The van der Waals surface area contributed by atoms with Gasteiger partial charge in [0.25, 0.3) is 5.56 Å².